The molecule has 1 N–H and O–H groups in total. The van der Waals surface area contributed by atoms with Gasteiger partial charge in [0.1, 0.15) is 24.2 Å². The van der Waals surface area contributed by atoms with E-state index in [2.05, 4.69) is 20.2 Å². The Morgan fingerprint density at radius 3 is 2.66 bits per heavy atom. The lowest BCUT2D eigenvalue weighted by molar-refractivity contribution is -0.711. The summed E-state index contributed by atoms with van der Waals surface area (Å²) in [4.78, 5) is 32.3. The molecule has 10 nitrogen and oxygen atoms in total. The summed E-state index contributed by atoms with van der Waals surface area (Å²) in [6, 6.07) is 5.74. The number of anilines is 1. The Morgan fingerprint density at radius 1 is 1.24 bits per heavy atom. The largest absolute Gasteiger partial charge is 0.459 e. The van der Waals surface area contributed by atoms with Crippen LogP contribution in [0.3, 0.4) is 0 Å². The van der Waals surface area contributed by atoms with Crippen molar-refractivity contribution in [2.24, 2.45) is 0 Å². The first-order chi connectivity index (χ1) is 14.0. The Balaban J connectivity index is 1.66. The number of fused-ring (bicyclic) bond motifs is 1. The van der Waals surface area contributed by atoms with Crippen molar-refractivity contribution in [2.75, 3.05) is 5.32 Å². The highest BCUT2D eigenvalue weighted by molar-refractivity contribution is 5.92. The standard InChI is InChI=1S/C19H21N5O5/c1-12-16(18(25)28-14-5-3-2-4-6-14)17(23-19(22-12)20-11-21-23)13-7-9-15(10-8-13)29-24(26)27/h7-11,14,17H,2-6H2,1H3,(H,20,21,22)/t17-/m0/s1. The van der Waals surface area contributed by atoms with Crippen LogP contribution in [0.2, 0.25) is 0 Å². The van der Waals surface area contributed by atoms with Crippen LogP contribution in [0.15, 0.2) is 41.9 Å². The molecule has 0 amide bonds. The van der Waals surface area contributed by atoms with E-state index in [9.17, 15) is 14.9 Å². The van der Waals surface area contributed by atoms with Crippen molar-refractivity contribution in [1.29, 1.82) is 0 Å². The molecule has 1 fully saturated rings. The summed E-state index contributed by atoms with van der Waals surface area (Å²) < 4.78 is 7.41. The molecule has 2 aromatic rings. The minimum Gasteiger partial charge on any atom is -0.459 e. The molecular formula is C19H21N5O5. The van der Waals surface area contributed by atoms with E-state index in [-0.39, 0.29) is 11.9 Å². The van der Waals surface area contributed by atoms with E-state index in [4.69, 9.17) is 4.74 Å². The SMILES string of the molecule is CC1=C(C(=O)OC2CCCCC2)[C@H](c2ccc(O[N+](=O)[O-])cc2)n2ncnc2N1. The third-order valence-corrected chi connectivity index (χ3v) is 5.22. The molecule has 0 spiro atoms. The first-order valence-corrected chi connectivity index (χ1v) is 9.53. The van der Waals surface area contributed by atoms with Gasteiger partial charge < -0.3 is 10.1 Å². The molecule has 2 heterocycles. The Hall–Kier alpha value is -3.43. The predicted octanol–water partition coefficient (Wildman–Crippen LogP) is 3.01. The number of nitrogens with one attached hydrogen (secondary N) is 1. The minimum absolute atomic E-state index is 0.0785. The number of ether oxygens (including phenoxy) is 1. The van der Waals surface area contributed by atoms with Crippen molar-refractivity contribution in [2.45, 2.75) is 51.2 Å². The van der Waals surface area contributed by atoms with Gasteiger partial charge in [0.25, 0.3) is 5.09 Å². The molecule has 2 aliphatic rings. The van der Waals surface area contributed by atoms with Gasteiger partial charge in [0, 0.05) is 5.70 Å². The van der Waals surface area contributed by atoms with Gasteiger partial charge in [-0.2, -0.15) is 10.1 Å². The maximum atomic E-state index is 13.1. The minimum atomic E-state index is -0.869. The molecule has 0 saturated heterocycles. The molecule has 1 aromatic carbocycles. The quantitative estimate of drug-likeness (QED) is 0.463. The lowest BCUT2D eigenvalue weighted by atomic mass is 9.95. The Bertz CT molecular complexity index is 946. The van der Waals surface area contributed by atoms with Crippen LogP contribution >= 0.6 is 0 Å². The number of aromatic nitrogens is 3. The van der Waals surface area contributed by atoms with E-state index < -0.39 is 17.1 Å². The average molecular weight is 399 g/mol. The molecule has 1 aliphatic carbocycles. The molecule has 0 unspecified atom stereocenters. The second-order valence-corrected chi connectivity index (χ2v) is 7.14. The van der Waals surface area contributed by atoms with Crippen molar-refractivity contribution in [3.8, 4) is 5.75 Å². The van der Waals surface area contributed by atoms with Crippen molar-refractivity contribution in [3.63, 3.8) is 0 Å². The number of nitrogens with zero attached hydrogens (tertiary/aromatic N) is 4. The maximum absolute atomic E-state index is 13.1. The number of esters is 1. The topological polar surface area (TPSA) is 121 Å². The molecule has 1 atom stereocenters. The lowest BCUT2D eigenvalue weighted by Crippen LogP contribution is -2.32. The van der Waals surface area contributed by atoms with Crippen LogP contribution in [0.4, 0.5) is 5.95 Å². The van der Waals surface area contributed by atoms with Crippen molar-refractivity contribution >= 4 is 11.9 Å². The first kappa shape index (κ1) is 18.9. The van der Waals surface area contributed by atoms with Gasteiger partial charge in [0.2, 0.25) is 5.95 Å². The van der Waals surface area contributed by atoms with Gasteiger partial charge in [0.15, 0.2) is 0 Å². The lowest BCUT2D eigenvalue weighted by Gasteiger charge is -2.30. The van der Waals surface area contributed by atoms with E-state index in [1.165, 1.54) is 24.9 Å². The number of hydrogen-bond acceptors (Lipinski definition) is 8. The third kappa shape index (κ3) is 3.91. The van der Waals surface area contributed by atoms with Crippen molar-refractivity contribution in [3.05, 3.63) is 57.5 Å². The summed E-state index contributed by atoms with van der Waals surface area (Å²) in [6.45, 7) is 1.80. The molecular weight excluding hydrogens is 378 g/mol. The molecule has 29 heavy (non-hydrogen) atoms. The first-order valence-electron chi connectivity index (χ1n) is 9.53. The molecule has 1 aromatic heterocycles. The zero-order valence-electron chi connectivity index (χ0n) is 15.9. The van der Waals surface area contributed by atoms with Crippen LogP contribution in [-0.4, -0.2) is 31.9 Å². The summed E-state index contributed by atoms with van der Waals surface area (Å²) in [5.74, 6) is 0.213. The summed E-state index contributed by atoms with van der Waals surface area (Å²) in [7, 11) is 0. The van der Waals surface area contributed by atoms with Crippen LogP contribution in [0.5, 0.6) is 5.75 Å². The molecule has 0 bridgehead atoms. The number of benzene rings is 1. The van der Waals surface area contributed by atoms with Gasteiger partial charge in [0.05, 0.1) is 5.57 Å². The number of rotatable bonds is 5. The molecule has 4 rings (SSSR count). The Morgan fingerprint density at radius 2 is 1.97 bits per heavy atom. The monoisotopic (exact) mass is 399 g/mol. The fourth-order valence-electron chi connectivity index (χ4n) is 3.86. The van der Waals surface area contributed by atoms with Crippen LogP contribution in [0.25, 0.3) is 0 Å². The van der Waals surface area contributed by atoms with Gasteiger partial charge in [-0.05, 0) is 50.3 Å². The summed E-state index contributed by atoms with van der Waals surface area (Å²) >= 11 is 0. The van der Waals surface area contributed by atoms with Gasteiger partial charge in [-0.25, -0.2) is 9.48 Å². The predicted molar refractivity (Wildman–Crippen MR) is 102 cm³/mol. The molecule has 152 valence electrons. The highest BCUT2D eigenvalue weighted by atomic mass is 17.0. The highest BCUT2D eigenvalue weighted by Gasteiger charge is 2.35. The highest BCUT2D eigenvalue weighted by Crippen LogP contribution is 2.36. The zero-order valence-corrected chi connectivity index (χ0v) is 15.9. The fraction of sp³-hybridized carbons (Fsp3) is 0.421. The van der Waals surface area contributed by atoms with Crippen molar-refractivity contribution < 1.29 is 19.5 Å². The number of carbonyl (C=O) groups excluding carboxylic acids is 1. The second kappa shape index (κ2) is 7.90. The second-order valence-electron chi connectivity index (χ2n) is 7.14. The van der Waals surface area contributed by atoms with Crippen LogP contribution in [-0.2, 0) is 9.53 Å². The smallest absolute Gasteiger partial charge is 0.338 e. The molecule has 0 radical (unpaired) electrons. The maximum Gasteiger partial charge on any atom is 0.338 e. The van der Waals surface area contributed by atoms with Gasteiger partial charge >= 0.3 is 5.97 Å². The van der Waals surface area contributed by atoms with Gasteiger partial charge in [-0.15, -0.1) is 10.1 Å². The van der Waals surface area contributed by atoms with E-state index in [0.29, 0.717) is 22.8 Å². The zero-order chi connectivity index (χ0) is 20.4. The Kier molecular flexibility index (Phi) is 5.15. The third-order valence-electron chi connectivity index (χ3n) is 5.22. The van der Waals surface area contributed by atoms with E-state index >= 15 is 0 Å². The fourth-order valence-corrected chi connectivity index (χ4v) is 3.86. The Labute approximate surface area is 166 Å². The summed E-state index contributed by atoms with van der Waals surface area (Å²) in [5.41, 5.74) is 1.79. The number of carbonyl (C=O) groups is 1. The van der Waals surface area contributed by atoms with Crippen LogP contribution in [0, 0.1) is 10.1 Å². The normalized spacial score (nSPS) is 19.3. The number of hydrogen-bond donors (Lipinski definition) is 1. The van der Waals surface area contributed by atoms with Crippen molar-refractivity contribution in [1.82, 2.24) is 14.8 Å². The molecule has 1 saturated carbocycles. The van der Waals surface area contributed by atoms with Crippen LogP contribution in [0.1, 0.15) is 50.6 Å². The van der Waals surface area contributed by atoms with E-state index in [0.717, 1.165) is 25.7 Å². The molecule has 10 heteroatoms. The van der Waals surface area contributed by atoms with Crippen LogP contribution < -0.4 is 10.2 Å². The average Bonchev–Trinajstić information content (AvgIpc) is 3.16. The molecule has 1 aliphatic heterocycles. The number of allylic oxidation sites excluding steroid dienone is 1. The summed E-state index contributed by atoms with van der Waals surface area (Å²) in [5, 5.41) is 17.0. The summed E-state index contributed by atoms with van der Waals surface area (Å²) in [6.07, 6.45) is 6.36. The van der Waals surface area contributed by atoms with E-state index in [1.54, 1.807) is 23.7 Å². The van der Waals surface area contributed by atoms with Gasteiger partial charge in [-0.3, -0.25) is 4.84 Å². The van der Waals surface area contributed by atoms with E-state index in [1.807, 2.05) is 0 Å². The van der Waals surface area contributed by atoms with Gasteiger partial charge in [-0.1, -0.05) is 18.6 Å².